The highest BCUT2D eigenvalue weighted by molar-refractivity contribution is 9.11. The number of hydrogen-bond donors (Lipinski definition) is 1. The zero-order chi connectivity index (χ0) is 14.0. The fourth-order valence-electron chi connectivity index (χ4n) is 1.51. The Morgan fingerprint density at radius 2 is 1.95 bits per heavy atom. The Kier molecular flexibility index (Phi) is 4.50. The number of benzene rings is 1. The average Bonchev–Trinajstić information content (AvgIpc) is 2.76. The van der Waals surface area contributed by atoms with Gasteiger partial charge in [0.2, 0.25) is 10.0 Å². The van der Waals surface area contributed by atoms with E-state index in [9.17, 15) is 8.42 Å². The molecule has 1 aromatic heterocycles. The minimum Gasteiger partial charge on any atom is -0.465 e. The van der Waals surface area contributed by atoms with E-state index in [1.54, 1.807) is 30.3 Å². The van der Waals surface area contributed by atoms with Gasteiger partial charge in [-0.1, -0.05) is 15.9 Å². The Morgan fingerprint density at radius 1 is 1.21 bits per heavy atom. The first-order valence-corrected chi connectivity index (χ1v) is 8.45. The molecule has 0 radical (unpaired) electrons. The lowest BCUT2D eigenvalue weighted by molar-refractivity contribution is 0.475. The molecule has 102 valence electrons. The maximum absolute atomic E-state index is 12.2. The Balaban J connectivity index is 2.20. The third-order valence-corrected chi connectivity index (χ3v) is 5.30. The van der Waals surface area contributed by atoms with Crippen LogP contribution in [0.3, 0.4) is 0 Å². The number of sulfonamides is 1. The third kappa shape index (κ3) is 3.68. The van der Waals surface area contributed by atoms with Crippen LogP contribution in [0.1, 0.15) is 11.5 Å². The molecule has 7 heteroatoms. The molecule has 0 unspecified atom stereocenters. The molecule has 0 saturated carbocycles. The van der Waals surface area contributed by atoms with E-state index in [-0.39, 0.29) is 11.4 Å². The van der Waals surface area contributed by atoms with Crippen molar-refractivity contribution in [3.8, 4) is 0 Å². The van der Waals surface area contributed by atoms with Crippen LogP contribution in [0.5, 0.6) is 0 Å². The summed E-state index contributed by atoms with van der Waals surface area (Å²) in [6, 6.07) is 8.51. The number of furan rings is 1. The van der Waals surface area contributed by atoms with E-state index in [0.29, 0.717) is 14.7 Å². The zero-order valence-corrected chi connectivity index (χ0v) is 14.0. The van der Waals surface area contributed by atoms with E-state index in [2.05, 4.69) is 36.6 Å². The molecular weight excluding hydrogens is 398 g/mol. The molecule has 2 aromatic rings. The summed E-state index contributed by atoms with van der Waals surface area (Å²) in [4.78, 5) is 0.185. The van der Waals surface area contributed by atoms with Crippen LogP contribution in [0.25, 0.3) is 0 Å². The van der Waals surface area contributed by atoms with Crippen molar-refractivity contribution in [2.24, 2.45) is 0 Å². The molecule has 0 amide bonds. The average molecular weight is 409 g/mol. The largest absolute Gasteiger partial charge is 0.465 e. The standard InChI is InChI=1S/C12H11Br2NO3S/c1-8-2-4-10(18-8)7-15-19(16,17)12-6-9(13)3-5-11(12)14/h2-6,15H,7H2,1H3. The number of rotatable bonds is 4. The molecular formula is C12H11Br2NO3S. The molecule has 0 spiro atoms. The molecule has 0 atom stereocenters. The highest BCUT2D eigenvalue weighted by Crippen LogP contribution is 2.25. The van der Waals surface area contributed by atoms with Gasteiger partial charge >= 0.3 is 0 Å². The molecule has 0 aliphatic carbocycles. The van der Waals surface area contributed by atoms with Crippen molar-refractivity contribution in [3.05, 3.63) is 50.8 Å². The Hall–Kier alpha value is -0.630. The molecule has 1 N–H and O–H groups in total. The summed E-state index contributed by atoms with van der Waals surface area (Å²) in [5, 5.41) is 0. The van der Waals surface area contributed by atoms with E-state index < -0.39 is 10.0 Å². The van der Waals surface area contributed by atoms with E-state index in [1.807, 2.05) is 6.92 Å². The van der Waals surface area contributed by atoms with Gasteiger partial charge in [-0.05, 0) is 53.2 Å². The maximum Gasteiger partial charge on any atom is 0.242 e. The van der Waals surface area contributed by atoms with Crippen molar-refractivity contribution >= 4 is 41.9 Å². The number of halogens is 2. The van der Waals surface area contributed by atoms with Gasteiger partial charge in [-0.3, -0.25) is 0 Å². The highest BCUT2D eigenvalue weighted by atomic mass is 79.9. The highest BCUT2D eigenvalue weighted by Gasteiger charge is 2.18. The first-order valence-electron chi connectivity index (χ1n) is 5.38. The molecule has 4 nitrogen and oxygen atoms in total. The topological polar surface area (TPSA) is 59.3 Å². The van der Waals surface area contributed by atoms with Gasteiger partial charge in [0, 0.05) is 8.95 Å². The van der Waals surface area contributed by atoms with Crippen molar-refractivity contribution in [2.75, 3.05) is 0 Å². The minimum absolute atomic E-state index is 0.120. The van der Waals surface area contributed by atoms with Crippen LogP contribution in [-0.4, -0.2) is 8.42 Å². The third-order valence-electron chi connectivity index (χ3n) is 2.42. The van der Waals surface area contributed by atoms with Crippen molar-refractivity contribution < 1.29 is 12.8 Å². The van der Waals surface area contributed by atoms with Crippen LogP contribution >= 0.6 is 31.9 Å². The summed E-state index contributed by atoms with van der Waals surface area (Å²) >= 11 is 6.49. The maximum atomic E-state index is 12.2. The summed E-state index contributed by atoms with van der Waals surface area (Å²) in [7, 11) is -3.59. The van der Waals surface area contributed by atoms with Gasteiger partial charge in [-0.15, -0.1) is 0 Å². The van der Waals surface area contributed by atoms with E-state index >= 15 is 0 Å². The lowest BCUT2D eigenvalue weighted by atomic mass is 10.4. The summed E-state index contributed by atoms with van der Waals surface area (Å²) in [6.07, 6.45) is 0. The van der Waals surface area contributed by atoms with Crippen molar-refractivity contribution in [1.29, 1.82) is 0 Å². The summed E-state index contributed by atoms with van der Waals surface area (Å²) in [5.41, 5.74) is 0. The fraction of sp³-hybridized carbons (Fsp3) is 0.167. The Morgan fingerprint density at radius 3 is 2.58 bits per heavy atom. The number of aryl methyl sites for hydroxylation is 1. The first-order chi connectivity index (χ1) is 8.88. The number of hydrogen-bond acceptors (Lipinski definition) is 3. The molecule has 0 saturated heterocycles. The van der Waals surface area contributed by atoms with Gasteiger partial charge in [0.1, 0.15) is 11.5 Å². The monoisotopic (exact) mass is 407 g/mol. The summed E-state index contributed by atoms with van der Waals surface area (Å²) < 4.78 is 33.4. The number of nitrogens with one attached hydrogen (secondary N) is 1. The fourth-order valence-corrected chi connectivity index (χ4v) is 4.00. The van der Waals surface area contributed by atoms with E-state index in [1.165, 1.54) is 0 Å². The molecule has 1 aromatic carbocycles. The summed E-state index contributed by atoms with van der Waals surface area (Å²) in [6.45, 7) is 1.93. The second kappa shape index (κ2) is 5.78. The molecule has 0 bridgehead atoms. The SMILES string of the molecule is Cc1ccc(CNS(=O)(=O)c2cc(Br)ccc2Br)o1. The van der Waals surface area contributed by atoms with Gasteiger partial charge in [-0.25, -0.2) is 13.1 Å². The van der Waals surface area contributed by atoms with Gasteiger partial charge in [0.05, 0.1) is 11.4 Å². The second-order valence-corrected chi connectivity index (χ2v) is 7.42. The van der Waals surface area contributed by atoms with Gasteiger partial charge < -0.3 is 4.42 Å². The predicted molar refractivity (Wildman–Crippen MR) is 79.3 cm³/mol. The molecule has 0 aliphatic rings. The van der Waals surface area contributed by atoms with Crippen LogP contribution in [-0.2, 0) is 16.6 Å². The normalized spacial score (nSPS) is 11.7. The Labute approximate surface area is 128 Å². The Bertz CT molecular complexity index is 695. The van der Waals surface area contributed by atoms with Gasteiger partial charge in [0.25, 0.3) is 0 Å². The quantitative estimate of drug-likeness (QED) is 0.840. The van der Waals surface area contributed by atoms with Crippen LogP contribution in [0, 0.1) is 6.92 Å². The minimum atomic E-state index is -3.59. The van der Waals surface area contributed by atoms with Crippen molar-refractivity contribution in [1.82, 2.24) is 4.72 Å². The molecule has 0 fully saturated rings. The lowest BCUT2D eigenvalue weighted by Gasteiger charge is -2.08. The second-order valence-electron chi connectivity index (χ2n) is 3.91. The van der Waals surface area contributed by atoms with Gasteiger partial charge in [0.15, 0.2) is 0 Å². The molecule has 1 heterocycles. The van der Waals surface area contributed by atoms with Crippen LogP contribution in [0.2, 0.25) is 0 Å². The zero-order valence-electron chi connectivity index (χ0n) is 9.98. The smallest absolute Gasteiger partial charge is 0.242 e. The van der Waals surface area contributed by atoms with Crippen LogP contribution in [0.15, 0.2) is 48.6 Å². The van der Waals surface area contributed by atoms with Crippen molar-refractivity contribution in [2.45, 2.75) is 18.4 Å². The van der Waals surface area contributed by atoms with E-state index in [0.717, 1.165) is 5.76 Å². The molecule has 2 rings (SSSR count). The van der Waals surface area contributed by atoms with Crippen LogP contribution in [0.4, 0.5) is 0 Å². The van der Waals surface area contributed by atoms with Crippen molar-refractivity contribution in [3.63, 3.8) is 0 Å². The predicted octanol–water partition coefficient (Wildman–Crippen LogP) is 3.59. The van der Waals surface area contributed by atoms with E-state index in [4.69, 9.17) is 4.42 Å². The van der Waals surface area contributed by atoms with Gasteiger partial charge in [-0.2, -0.15) is 0 Å². The first kappa shape index (κ1) is 14.8. The molecule has 19 heavy (non-hydrogen) atoms. The lowest BCUT2D eigenvalue weighted by Crippen LogP contribution is -2.23. The summed E-state index contributed by atoms with van der Waals surface area (Å²) in [5.74, 6) is 1.32. The molecule has 0 aliphatic heterocycles. The van der Waals surface area contributed by atoms with Crippen LogP contribution < -0.4 is 4.72 Å².